The number of benzene rings is 1. The molecule has 130 valence electrons. The smallest absolute Gasteiger partial charge is 0.224 e. The van der Waals surface area contributed by atoms with Crippen molar-refractivity contribution < 1.29 is 9.53 Å². The summed E-state index contributed by atoms with van der Waals surface area (Å²) in [5.41, 5.74) is 9.05. The molecule has 2 aliphatic carbocycles. The molecular weight excluding hydrogens is 318 g/mol. The predicted octanol–water partition coefficient (Wildman–Crippen LogP) is 1.37. The van der Waals surface area contributed by atoms with Crippen molar-refractivity contribution in [2.24, 2.45) is 0 Å². The van der Waals surface area contributed by atoms with Crippen LogP contribution in [0.2, 0.25) is 0 Å². The molecule has 2 aromatic rings. The van der Waals surface area contributed by atoms with Crippen molar-refractivity contribution >= 4 is 17.5 Å². The Hall–Kier alpha value is -2.67. The van der Waals surface area contributed by atoms with Crippen molar-refractivity contribution in [3.8, 4) is 5.75 Å². The van der Waals surface area contributed by atoms with Crippen LogP contribution in [-0.2, 0) is 6.42 Å². The number of ketones is 1. The van der Waals surface area contributed by atoms with Crippen LogP contribution in [0.25, 0.3) is 0 Å². The first kappa shape index (κ1) is 15.8. The summed E-state index contributed by atoms with van der Waals surface area (Å²) in [7, 11) is 1.58. The molecule has 2 heterocycles. The Morgan fingerprint density at radius 2 is 2.08 bits per heavy atom. The molecule has 0 saturated carbocycles. The van der Waals surface area contributed by atoms with E-state index in [-0.39, 0.29) is 11.6 Å². The zero-order valence-electron chi connectivity index (χ0n) is 14.1. The van der Waals surface area contributed by atoms with E-state index in [1.807, 2.05) is 12.1 Å². The molecule has 4 N–H and O–H groups in total. The number of anilines is 2. The Kier molecular flexibility index (Phi) is 4.01. The number of hydrogen-bond acceptors (Lipinski definition) is 7. The molecule has 3 aliphatic rings. The number of carbonyl (C=O) groups is 1. The number of nitrogen functional groups attached to an aromatic ring is 1. The van der Waals surface area contributed by atoms with E-state index in [4.69, 9.17) is 10.5 Å². The monoisotopic (exact) mass is 339 g/mol. The number of hydrogen-bond donors (Lipinski definition) is 3. The topological polar surface area (TPSA) is 102 Å². The van der Waals surface area contributed by atoms with E-state index in [9.17, 15) is 4.79 Å². The number of methoxy groups -OCH3 is 1. The molecule has 7 nitrogen and oxygen atoms in total. The van der Waals surface area contributed by atoms with Gasteiger partial charge in [-0.1, -0.05) is 6.07 Å². The van der Waals surface area contributed by atoms with Crippen LogP contribution >= 0.6 is 0 Å². The Morgan fingerprint density at radius 3 is 2.76 bits per heavy atom. The van der Waals surface area contributed by atoms with Crippen LogP contribution in [0.1, 0.15) is 39.9 Å². The molecule has 2 bridgehead atoms. The third kappa shape index (κ3) is 2.91. The standard InChI is InChI=1S/C18H21N5O2/c1-25-16-11-6-10(7-11)8-13(16)15(24)14-9-21-18(23-17(14)19)22-12-2-4-20-5-3-12/h6,8-9,12,20H,2-5,7H2,1H3,(H3,19,21,22,23). The second kappa shape index (κ2) is 6.33. The minimum atomic E-state index is -0.203. The van der Waals surface area contributed by atoms with E-state index in [0.29, 0.717) is 28.9 Å². The van der Waals surface area contributed by atoms with Crippen molar-refractivity contribution in [2.45, 2.75) is 25.3 Å². The Balaban J connectivity index is 1.57. The van der Waals surface area contributed by atoms with Gasteiger partial charge < -0.3 is 21.1 Å². The van der Waals surface area contributed by atoms with Gasteiger partial charge in [0, 0.05) is 18.7 Å². The maximum Gasteiger partial charge on any atom is 0.224 e. The van der Waals surface area contributed by atoms with E-state index in [2.05, 4.69) is 20.6 Å². The number of carbonyl (C=O) groups excluding carboxylic acids is 1. The Morgan fingerprint density at radius 1 is 1.32 bits per heavy atom. The summed E-state index contributed by atoms with van der Waals surface area (Å²) in [6, 6.07) is 4.21. The summed E-state index contributed by atoms with van der Waals surface area (Å²) < 4.78 is 5.41. The molecule has 0 atom stereocenters. The van der Waals surface area contributed by atoms with E-state index in [0.717, 1.165) is 43.5 Å². The summed E-state index contributed by atoms with van der Waals surface area (Å²) >= 11 is 0. The van der Waals surface area contributed by atoms with Gasteiger partial charge in [0.05, 0.1) is 18.2 Å². The first-order chi connectivity index (χ1) is 12.2. The quantitative estimate of drug-likeness (QED) is 0.603. The predicted molar refractivity (Wildman–Crippen MR) is 95.2 cm³/mol. The fourth-order valence-electron chi connectivity index (χ4n) is 3.42. The molecule has 25 heavy (non-hydrogen) atoms. The molecule has 1 aromatic carbocycles. The van der Waals surface area contributed by atoms with Gasteiger partial charge in [-0.2, -0.15) is 4.98 Å². The number of aromatic nitrogens is 2. The van der Waals surface area contributed by atoms with Crippen LogP contribution in [0.5, 0.6) is 5.75 Å². The fourth-order valence-corrected chi connectivity index (χ4v) is 3.42. The highest BCUT2D eigenvalue weighted by molar-refractivity contribution is 6.13. The maximum absolute atomic E-state index is 12.9. The third-order valence-electron chi connectivity index (χ3n) is 4.80. The number of piperidine rings is 1. The third-order valence-corrected chi connectivity index (χ3v) is 4.80. The SMILES string of the molecule is COc1c2cc(cc1C(=O)c1cnc(NC3CCNCC3)nc1N)C2. The lowest BCUT2D eigenvalue weighted by molar-refractivity contribution is 0.103. The van der Waals surface area contributed by atoms with Crippen molar-refractivity contribution in [2.75, 3.05) is 31.2 Å². The number of fused-ring (bicyclic) bond motifs is 2. The summed E-state index contributed by atoms with van der Waals surface area (Å²) in [4.78, 5) is 21.4. The highest BCUT2D eigenvalue weighted by Gasteiger charge is 2.26. The molecule has 1 aromatic heterocycles. The van der Waals surface area contributed by atoms with Gasteiger partial charge in [0.1, 0.15) is 11.6 Å². The number of rotatable bonds is 5. The van der Waals surface area contributed by atoms with Crippen LogP contribution in [0.4, 0.5) is 11.8 Å². The fraction of sp³-hybridized carbons (Fsp3) is 0.389. The first-order valence-corrected chi connectivity index (χ1v) is 8.50. The summed E-state index contributed by atoms with van der Waals surface area (Å²) in [6.45, 7) is 1.95. The van der Waals surface area contributed by atoms with Gasteiger partial charge in [-0.25, -0.2) is 4.98 Å². The van der Waals surface area contributed by atoms with Crippen LogP contribution < -0.4 is 21.1 Å². The Bertz CT molecular complexity index is 830. The molecule has 0 spiro atoms. The van der Waals surface area contributed by atoms with Gasteiger partial charge in [0.15, 0.2) is 0 Å². The summed E-state index contributed by atoms with van der Waals surface area (Å²) in [5.74, 6) is 1.07. The molecule has 1 aliphatic heterocycles. The highest BCUT2D eigenvalue weighted by Crippen LogP contribution is 2.36. The van der Waals surface area contributed by atoms with Crippen molar-refractivity contribution in [1.82, 2.24) is 15.3 Å². The van der Waals surface area contributed by atoms with E-state index in [1.165, 1.54) is 6.20 Å². The highest BCUT2D eigenvalue weighted by atomic mass is 16.5. The van der Waals surface area contributed by atoms with Gasteiger partial charge in [-0.3, -0.25) is 4.79 Å². The van der Waals surface area contributed by atoms with Gasteiger partial charge in [-0.15, -0.1) is 0 Å². The number of nitrogens with one attached hydrogen (secondary N) is 2. The van der Waals surface area contributed by atoms with Gasteiger partial charge >= 0.3 is 0 Å². The Labute approximate surface area is 146 Å². The van der Waals surface area contributed by atoms with Crippen LogP contribution in [0.3, 0.4) is 0 Å². The van der Waals surface area contributed by atoms with E-state index < -0.39 is 0 Å². The molecule has 1 saturated heterocycles. The molecule has 0 radical (unpaired) electrons. The van der Waals surface area contributed by atoms with Gasteiger partial charge in [0.2, 0.25) is 11.7 Å². The molecule has 5 rings (SSSR count). The minimum Gasteiger partial charge on any atom is -0.496 e. The lowest BCUT2D eigenvalue weighted by atomic mass is 9.86. The zero-order chi connectivity index (χ0) is 17.4. The van der Waals surface area contributed by atoms with E-state index >= 15 is 0 Å². The average Bonchev–Trinajstić information content (AvgIpc) is 2.61. The second-order valence-corrected chi connectivity index (χ2v) is 6.50. The second-order valence-electron chi connectivity index (χ2n) is 6.50. The number of nitrogens with two attached hydrogens (primary N) is 1. The van der Waals surface area contributed by atoms with Gasteiger partial charge in [0.25, 0.3) is 0 Å². The average molecular weight is 339 g/mol. The van der Waals surface area contributed by atoms with Crippen molar-refractivity contribution in [3.63, 3.8) is 0 Å². The molecule has 0 unspecified atom stereocenters. The summed E-state index contributed by atoms with van der Waals surface area (Å²) in [5, 5.41) is 6.60. The summed E-state index contributed by atoms with van der Waals surface area (Å²) in [6.07, 6.45) is 4.37. The van der Waals surface area contributed by atoms with Crippen LogP contribution in [-0.4, -0.2) is 42.0 Å². The normalized spacial score (nSPS) is 16.2. The van der Waals surface area contributed by atoms with Crippen LogP contribution in [0.15, 0.2) is 18.3 Å². The van der Waals surface area contributed by atoms with E-state index in [1.54, 1.807) is 7.11 Å². The molecule has 1 fully saturated rings. The molecule has 7 heteroatoms. The number of ether oxygens (including phenoxy) is 1. The first-order valence-electron chi connectivity index (χ1n) is 8.50. The zero-order valence-corrected chi connectivity index (χ0v) is 14.1. The minimum absolute atomic E-state index is 0.186. The van der Waals surface area contributed by atoms with Crippen molar-refractivity contribution in [3.05, 3.63) is 40.6 Å². The molecular formula is C18H21N5O2. The van der Waals surface area contributed by atoms with Gasteiger partial charge in [-0.05, 0) is 43.1 Å². The lowest BCUT2D eigenvalue weighted by Crippen LogP contribution is -2.35. The maximum atomic E-state index is 12.9. The number of nitrogens with zero attached hydrogens (tertiary/aromatic N) is 2. The largest absolute Gasteiger partial charge is 0.496 e. The van der Waals surface area contributed by atoms with Crippen molar-refractivity contribution in [1.29, 1.82) is 0 Å². The van der Waals surface area contributed by atoms with Crippen LogP contribution in [0, 0.1) is 0 Å². The molecule has 0 amide bonds. The lowest BCUT2D eigenvalue weighted by Gasteiger charge is -2.24.